The summed E-state index contributed by atoms with van der Waals surface area (Å²) >= 11 is 0. The molecule has 0 radical (unpaired) electrons. The van der Waals surface area contributed by atoms with E-state index in [9.17, 15) is 9.90 Å². The highest BCUT2D eigenvalue weighted by Crippen LogP contribution is 2.20. The molecule has 5 nitrogen and oxygen atoms in total. The molecule has 2 aliphatic heterocycles. The van der Waals surface area contributed by atoms with Crippen LogP contribution < -0.4 is 10.6 Å². The summed E-state index contributed by atoms with van der Waals surface area (Å²) in [6, 6.07) is 10.2. The number of halogens is 2. The van der Waals surface area contributed by atoms with Crippen LogP contribution in [0.15, 0.2) is 30.3 Å². The van der Waals surface area contributed by atoms with Gasteiger partial charge in [0.1, 0.15) is 0 Å². The number of piperidine rings is 1. The normalized spacial score (nSPS) is 21.7. The molecule has 1 amide bonds. The zero-order chi connectivity index (χ0) is 17.5. The molecular formula is C20H33Cl2N3O2. The van der Waals surface area contributed by atoms with Crippen LogP contribution in [-0.4, -0.2) is 54.7 Å². The largest absolute Gasteiger partial charge is 0.387 e. The van der Waals surface area contributed by atoms with Crippen molar-refractivity contribution in [3.8, 4) is 0 Å². The third-order valence-corrected chi connectivity index (χ3v) is 5.50. The first-order valence-electron chi connectivity index (χ1n) is 9.66. The van der Waals surface area contributed by atoms with Crippen LogP contribution in [0.4, 0.5) is 0 Å². The van der Waals surface area contributed by atoms with Crippen molar-refractivity contribution in [2.75, 3.05) is 32.7 Å². The van der Waals surface area contributed by atoms with Gasteiger partial charge >= 0.3 is 0 Å². The summed E-state index contributed by atoms with van der Waals surface area (Å²) in [5.74, 6) is 0.743. The van der Waals surface area contributed by atoms with Gasteiger partial charge in [-0.15, -0.1) is 24.8 Å². The molecule has 2 heterocycles. The highest BCUT2D eigenvalue weighted by Gasteiger charge is 2.23. The van der Waals surface area contributed by atoms with Crippen LogP contribution >= 0.6 is 24.8 Å². The minimum Gasteiger partial charge on any atom is -0.387 e. The lowest BCUT2D eigenvalue weighted by atomic mass is 9.96. The molecule has 0 spiro atoms. The van der Waals surface area contributed by atoms with E-state index in [2.05, 4.69) is 15.5 Å². The number of nitrogens with one attached hydrogen (secondary N) is 2. The molecular weight excluding hydrogens is 385 g/mol. The molecule has 0 aliphatic carbocycles. The first-order chi connectivity index (χ1) is 12.2. The minimum absolute atomic E-state index is 0. The second-order valence-corrected chi connectivity index (χ2v) is 7.47. The van der Waals surface area contributed by atoms with Gasteiger partial charge < -0.3 is 20.6 Å². The summed E-state index contributed by atoms with van der Waals surface area (Å²) in [4.78, 5) is 14.3. The van der Waals surface area contributed by atoms with Crippen molar-refractivity contribution < 1.29 is 9.90 Å². The Labute approximate surface area is 175 Å². The number of hydrogen-bond donors (Lipinski definition) is 3. The molecule has 1 aromatic rings. The number of β-amino-alcohol motifs (C(OH)–C–C–N with tert-alkyl or cyclic N) is 1. The number of aliphatic hydroxyl groups excluding tert-OH is 1. The Hall–Kier alpha value is -0.850. The van der Waals surface area contributed by atoms with Gasteiger partial charge in [-0.05, 0) is 56.8 Å². The summed E-state index contributed by atoms with van der Waals surface area (Å²) in [7, 11) is 0. The Morgan fingerprint density at radius 3 is 2.52 bits per heavy atom. The van der Waals surface area contributed by atoms with Crippen LogP contribution in [0.5, 0.6) is 0 Å². The van der Waals surface area contributed by atoms with Crippen LogP contribution in [0.1, 0.15) is 43.8 Å². The number of nitrogens with zero attached hydrogens (tertiary/aromatic N) is 1. The summed E-state index contributed by atoms with van der Waals surface area (Å²) in [5, 5.41) is 16.8. The van der Waals surface area contributed by atoms with Crippen LogP contribution in [0, 0.1) is 5.92 Å². The predicted molar refractivity (Wildman–Crippen MR) is 114 cm³/mol. The van der Waals surface area contributed by atoms with E-state index in [1.807, 2.05) is 30.3 Å². The Morgan fingerprint density at radius 2 is 1.89 bits per heavy atom. The zero-order valence-corrected chi connectivity index (χ0v) is 17.4. The van der Waals surface area contributed by atoms with Crippen LogP contribution in [-0.2, 0) is 4.79 Å². The van der Waals surface area contributed by atoms with E-state index in [0.717, 1.165) is 51.0 Å². The van der Waals surface area contributed by atoms with Gasteiger partial charge in [-0.25, -0.2) is 0 Å². The second kappa shape index (κ2) is 12.6. The lowest BCUT2D eigenvalue weighted by molar-refractivity contribution is -0.121. The Bertz CT molecular complexity index is 533. The summed E-state index contributed by atoms with van der Waals surface area (Å²) in [6.07, 6.45) is 4.67. The fourth-order valence-corrected chi connectivity index (χ4v) is 3.88. The zero-order valence-electron chi connectivity index (χ0n) is 15.8. The molecule has 0 aromatic heterocycles. The molecule has 0 bridgehead atoms. The van der Waals surface area contributed by atoms with Gasteiger partial charge in [-0.3, -0.25) is 4.79 Å². The maximum absolute atomic E-state index is 12.0. The molecule has 2 atom stereocenters. The SMILES string of the molecule is Cl.Cl.O=C(CC1CCCN1)NCC1CCN(CC(O)c2ccccc2)CC1. The average Bonchev–Trinajstić information content (AvgIpc) is 3.15. The molecule has 2 unspecified atom stereocenters. The number of carbonyl (C=O) groups is 1. The van der Waals surface area contributed by atoms with Crippen molar-refractivity contribution in [3.05, 3.63) is 35.9 Å². The minimum atomic E-state index is -0.420. The monoisotopic (exact) mass is 417 g/mol. The van der Waals surface area contributed by atoms with E-state index in [0.29, 0.717) is 24.9 Å². The Morgan fingerprint density at radius 1 is 1.19 bits per heavy atom. The van der Waals surface area contributed by atoms with E-state index < -0.39 is 6.10 Å². The molecule has 7 heteroatoms. The van der Waals surface area contributed by atoms with Crippen LogP contribution in [0.25, 0.3) is 0 Å². The first-order valence-corrected chi connectivity index (χ1v) is 9.66. The van der Waals surface area contributed by atoms with Crippen LogP contribution in [0.3, 0.4) is 0 Å². The van der Waals surface area contributed by atoms with Crippen molar-refractivity contribution >= 4 is 30.7 Å². The van der Waals surface area contributed by atoms with Crippen molar-refractivity contribution in [1.29, 1.82) is 0 Å². The van der Waals surface area contributed by atoms with Gasteiger partial charge in [-0.2, -0.15) is 0 Å². The molecule has 2 saturated heterocycles. The van der Waals surface area contributed by atoms with Gasteiger partial charge in [0.25, 0.3) is 0 Å². The van der Waals surface area contributed by atoms with Gasteiger partial charge in [0.2, 0.25) is 5.91 Å². The molecule has 3 N–H and O–H groups in total. The number of benzene rings is 1. The summed E-state index contributed by atoms with van der Waals surface area (Å²) in [5.41, 5.74) is 0.984. The number of carbonyl (C=O) groups excluding carboxylic acids is 1. The molecule has 1 aromatic carbocycles. The second-order valence-electron chi connectivity index (χ2n) is 7.47. The van der Waals surface area contributed by atoms with E-state index in [1.165, 1.54) is 6.42 Å². The van der Waals surface area contributed by atoms with Crippen molar-refractivity contribution in [3.63, 3.8) is 0 Å². The molecule has 154 valence electrons. The van der Waals surface area contributed by atoms with E-state index in [-0.39, 0.29) is 30.7 Å². The Kier molecular flexibility index (Phi) is 11.3. The first kappa shape index (κ1) is 24.2. The van der Waals surface area contributed by atoms with E-state index in [4.69, 9.17) is 0 Å². The molecule has 0 saturated carbocycles. The van der Waals surface area contributed by atoms with E-state index >= 15 is 0 Å². The van der Waals surface area contributed by atoms with Gasteiger partial charge in [0, 0.05) is 25.6 Å². The average molecular weight is 418 g/mol. The van der Waals surface area contributed by atoms with Gasteiger partial charge in [-0.1, -0.05) is 30.3 Å². The third kappa shape index (κ3) is 7.96. The van der Waals surface area contributed by atoms with Gasteiger partial charge in [0.05, 0.1) is 6.10 Å². The quantitative estimate of drug-likeness (QED) is 0.637. The van der Waals surface area contributed by atoms with Gasteiger partial charge in [0.15, 0.2) is 0 Å². The maximum Gasteiger partial charge on any atom is 0.221 e. The number of likely N-dealkylation sites (tertiary alicyclic amines) is 1. The number of hydrogen-bond acceptors (Lipinski definition) is 4. The number of aliphatic hydroxyl groups is 1. The van der Waals surface area contributed by atoms with Crippen molar-refractivity contribution in [1.82, 2.24) is 15.5 Å². The highest BCUT2D eigenvalue weighted by molar-refractivity contribution is 5.85. The highest BCUT2D eigenvalue weighted by atomic mass is 35.5. The molecule has 2 aliphatic rings. The fraction of sp³-hybridized carbons (Fsp3) is 0.650. The topological polar surface area (TPSA) is 64.6 Å². The third-order valence-electron chi connectivity index (χ3n) is 5.50. The Balaban J connectivity index is 0.00000182. The van der Waals surface area contributed by atoms with Crippen molar-refractivity contribution in [2.24, 2.45) is 5.92 Å². The molecule has 27 heavy (non-hydrogen) atoms. The number of rotatable bonds is 7. The smallest absolute Gasteiger partial charge is 0.221 e. The standard InChI is InChI=1S/C20H31N3O2.2ClH/c24-19(17-5-2-1-3-6-17)15-23-11-8-16(9-12-23)14-22-20(25)13-18-7-4-10-21-18;;/h1-3,5-6,16,18-19,21,24H,4,7-15H2,(H,22,25);2*1H. The molecule has 3 rings (SSSR count). The lowest BCUT2D eigenvalue weighted by Gasteiger charge is -2.33. The fourth-order valence-electron chi connectivity index (χ4n) is 3.88. The van der Waals surface area contributed by atoms with Crippen molar-refractivity contribution in [2.45, 2.75) is 44.2 Å². The summed E-state index contributed by atoms with van der Waals surface area (Å²) in [6.45, 7) is 4.52. The lowest BCUT2D eigenvalue weighted by Crippen LogP contribution is -2.41. The molecule has 2 fully saturated rings. The maximum atomic E-state index is 12.0. The summed E-state index contributed by atoms with van der Waals surface area (Å²) < 4.78 is 0. The van der Waals surface area contributed by atoms with Crippen LogP contribution in [0.2, 0.25) is 0 Å². The van der Waals surface area contributed by atoms with E-state index in [1.54, 1.807) is 0 Å². The predicted octanol–water partition coefficient (Wildman–Crippen LogP) is 2.53. The number of amides is 1.